The number of carbonyl (C=O) groups is 2. The first-order chi connectivity index (χ1) is 16.4. The highest BCUT2D eigenvalue weighted by atomic mass is 35.5. The van der Waals surface area contributed by atoms with Gasteiger partial charge >= 0.3 is 0 Å². The van der Waals surface area contributed by atoms with Gasteiger partial charge in [-0.3, -0.25) is 9.59 Å². The van der Waals surface area contributed by atoms with E-state index in [1.165, 1.54) is 19.1 Å². The Labute approximate surface area is 209 Å². The van der Waals surface area contributed by atoms with Crippen LogP contribution in [0.5, 0.6) is 0 Å². The smallest absolute Gasteiger partial charge is 0.253 e. The average molecular weight is 508 g/mol. The normalized spacial score (nSPS) is 20.4. The maximum Gasteiger partial charge on any atom is 0.253 e. The van der Waals surface area contributed by atoms with Gasteiger partial charge in [-0.25, -0.2) is 13.8 Å². The zero-order valence-corrected chi connectivity index (χ0v) is 21.1. The molecule has 2 aliphatic rings. The van der Waals surface area contributed by atoms with Crippen molar-refractivity contribution in [1.82, 2.24) is 20.2 Å². The van der Waals surface area contributed by atoms with Crippen LogP contribution in [0, 0.1) is 5.92 Å². The van der Waals surface area contributed by atoms with Gasteiger partial charge in [-0.15, -0.1) is 0 Å². The van der Waals surface area contributed by atoms with Crippen LogP contribution in [-0.4, -0.2) is 72.3 Å². The lowest BCUT2D eigenvalue weighted by atomic mass is 10.00. The van der Waals surface area contributed by atoms with Crippen LogP contribution in [0.2, 0.25) is 5.02 Å². The number of hydrazine groups is 1. The number of halogens is 3. The second-order valence-electron chi connectivity index (χ2n) is 9.04. The first-order valence-electron chi connectivity index (χ1n) is 11.4. The van der Waals surface area contributed by atoms with Gasteiger partial charge in [0.05, 0.1) is 41.1 Å². The van der Waals surface area contributed by atoms with Crippen LogP contribution >= 0.6 is 11.6 Å². The molecular formula is C25H32ClF2N5O2. The van der Waals surface area contributed by atoms with Gasteiger partial charge in [-0.1, -0.05) is 42.8 Å². The summed E-state index contributed by atoms with van der Waals surface area (Å²) in [5.41, 5.74) is 8.05. The molecule has 0 radical (unpaired) electrons. The largest absolute Gasteiger partial charge is 0.404 e. The van der Waals surface area contributed by atoms with E-state index in [9.17, 15) is 18.4 Å². The summed E-state index contributed by atoms with van der Waals surface area (Å²) in [5.74, 6) is -4.46. The molecule has 1 aromatic carbocycles. The van der Waals surface area contributed by atoms with Crippen LogP contribution in [-0.2, 0) is 4.79 Å². The lowest BCUT2D eigenvalue weighted by Crippen LogP contribution is -2.47. The number of alkyl halides is 2. The topological polar surface area (TPSA) is 81.9 Å². The van der Waals surface area contributed by atoms with Crippen molar-refractivity contribution in [1.29, 1.82) is 0 Å². The van der Waals surface area contributed by atoms with Crippen molar-refractivity contribution in [2.75, 3.05) is 33.7 Å². The molecule has 10 heteroatoms. The fourth-order valence-electron chi connectivity index (χ4n) is 4.14. The van der Waals surface area contributed by atoms with Crippen molar-refractivity contribution in [2.24, 2.45) is 11.7 Å². The van der Waals surface area contributed by atoms with Crippen molar-refractivity contribution < 1.29 is 18.4 Å². The van der Waals surface area contributed by atoms with E-state index >= 15 is 0 Å². The van der Waals surface area contributed by atoms with Crippen LogP contribution in [0.4, 0.5) is 8.78 Å². The van der Waals surface area contributed by atoms with Crippen LogP contribution in [0.3, 0.4) is 0 Å². The predicted molar refractivity (Wildman–Crippen MR) is 133 cm³/mol. The lowest BCUT2D eigenvalue weighted by Gasteiger charge is -2.36. The molecule has 2 heterocycles. The zero-order chi connectivity index (χ0) is 25.9. The minimum atomic E-state index is -2.89. The van der Waals surface area contributed by atoms with Crippen molar-refractivity contribution in [3.05, 3.63) is 70.2 Å². The van der Waals surface area contributed by atoms with Gasteiger partial charge in [0.15, 0.2) is 5.78 Å². The standard InChI is InChI=1S/C25H32ClF2N5O2/c1-16(25(2,27)28)9-10-17(13-29)22(34)15-33-12-11-20(23-21(33)14-31(3)32(23)4)30-24(35)18-7-5-6-8-19(18)26/h5-10,13,16,20H,11-12,14-15,29H2,1-4H3,(H,30,35)/b10-9-,17-13+. The Morgan fingerprint density at radius 2 is 2.00 bits per heavy atom. The number of nitrogens with one attached hydrogen (secondary N) is 1. The van der Waals surface area contributed by atoms with Gasteiger partial charge in [-0.05, 0) is 25.5 Å². The van der Waals surface area contributed by atoms with Crippen molar-refractivity contribution >= 4 is 23.3 Å². The molecule has 1 aromatic rings. The summed E-state index contributed by atoms with van der Waals surface area (Å²) in [5, 5.41) is 7.42. The van der Waals surface area contributed by atoms with Crippen LogP contribution in [0.25, 0.3) is 0 Å². The molecule has 0 aliphatic carbocycles. The number of hydrogen-bond donors (Lipinski definition) is 2. The molecule has 35 heavy (non-hydrogen) atoms. The van der Waals surface area contributed by atoms with E-state index < -0.39 is 11.8 Å². The molecule has 0 aromatic heterocycles. The average Bonchev–Trinajstić information content (AvgIpc) is 3.10. The van der Waals surface area contributed by atoms with Crippen LogP contribution < -0.4 is 11.1 Å². The number of rotatable bonds is 8. The molecule has 3 N–H and O–H groups in total. The van der Waals surface area contributed by atoms with Gasteiger partial charge in [-0.2, -0.15) is 0 Å². The third-order valence-electron chi connectivity index (χ3n) is 6.56. The molecule has 2 aliphatic heterocycles. The SMILES string of the molecule is CC(/C=C\C(=C/N)C(=O)CN1CCC(NC(=O)c2ccccc2Cl)C2=C1CN(C)N2C)C(C)(F)F. The molecule has 0 saturated heterocycles. The Bertz CT molecular complexity index is 1070. The van der Waals surface area contributed by atoms with Crippen LogP contribution in [0.1, 0.15) is 30.6 Å². The summed E-state index contributed by atoms with van der Waals surface area (Å²) in [4.78, 5) is 27.8. The first kappa shape index (κ1) is 26.7. The molecule has 190 valence electrons. The van der Waals surface area contributed by atoms with Gasteiger partial charge in [0, 0.05) is 38.3 Å². The monoisotopic (exact) mass is 507 g/mol. The van der Waals surface area contributed by atoms with Crippen molar-refractivity contribution in [3.8, 4) is 0 Å². The Hall–Kier alpha value is -2.91. The lowest BCUT2D eigenvalue weighted by molar-refractivity contribution is -0.116. The predicted octanol–water partition coefficient (Wildman–Crippen LogP) is 3.41. The Kier molecular flexibility index (Phi) is 8.22. The number of allylic oxidation sites excluding steroid dienone is 2. The van der Waals surface area contributed by atoms with E-state index in [0.29, 0.717) is 30.1 Å². The van der Waals surface area contributed by atoms with E-state index in [-0.39, 0.29) is 29.9 Å². The fourth-order valence-corrected chi connectivity index (χ4v) is 4.36. The van der Waals surface area contributed by atoms with Gasteiger partial charge in [0.1, 0.15) is 0 Å². The molecular weight excluding hydrogens is 476 g/mol. The quantitative estimate of drug-likeness (QED) is 0.414. The molecule has 2 atom stereocenters. The second kappa shape index (κ2) is 10.8. The van der Waals surface area contributed by atoms with E-state index in [0.717, 1.165) is 24.5 Å². The molecule has 0 spiro atoms. The number of hydrogen-bond acceptors (Lipinski definition) is 6. The minimum Gasteiger partial charge on any atom is -0.404 e. The third-order valence-corrected chi connectivity index (χ3v) is 6.89. The summed E-state index contributed by atoms with van der Waals surface area (Å²) in [6, 6.07) is 6.61. The fraction of sp³-hybridized carbons (Fsp3) is 0.440. The second-order valence-corrected chi connectivity index (χ2v) is 9.44. The summed E-state index contributed by atoms with van der Waals surface area (Å²) in [6.07, 6.45) is 4.40. The van der Waals surface area contributed by atoms with Crippen molar-refractivity contribution in [3.63, 3.8) is 0 Å². The Morgan fingerprint density at radius 3 is 2.63 bits per heavy atom. The van der Waals surface area contributed by atoms with E-state index in [1.54, 1.807) is 24.3 Å². The highest BCUT2D eigenvalue weighted by Crippen LogP contribution is 2.32. The number of amides is 1. The Morgan fingerprint density at radius 1 is 1.31 bits per heavy atom. The number of nitrogens with zero attached hydrogens (tertiary/aromatic N) is 3. The molecule has 2 unspecified atom stereocenters. The van der Waals surface area contributed by atoms with Gasteiger partial charge in [0.2, 0.25) is 0 Å². The highest BCUT2D eigenvalue weighted by Gasteiger charge is 2.38. The zero-order valence-electron chi connectivity index (χ0n) is 20.4. The summed E-state index contributed by atoms with van der Waals surface area (Å²) in [7, 11) is 3.83. The molecule has 0 bridgehead atoms. The minimum absolute atomic E-state index is 0.0516. The number of likely N-dealkylation sites (N-methyl/N-ethyl adjacent to an activating group) is 2. The number of carbonyl (C=O) groups excluding carboxylic acids is 2. The summed E-state index contributed by atoms with van der Waals surface area (Å²) in [6.45, 7) is 3.37. The summed E-state index contributed by atoms with van der Waals surface area (Å²) >= 11 is 6.19. The Balaban J connectivity index is 1.78. The maximum absolute atomic E-state index is 13.5. The first-order valence-corrected chi connectivity index (χ1v) is 11.8. The number of ketones is 1. The number of nitrogens with two attached hydrogens (primary N) is 1. The number of Topliss-reactive ketones (excluding diaryl/α,β-unsaturated/α-hetero) is 1. The van der Waals surface area contributed by atoms with Gasteiger partial charge < -0.3 is 21.0 Å². The third kappa shape index (κ3) is 6.02. The highest BCUT2D eigenvalue weighted by molar-refractivity contribution is 6.33. The maximum atomic E-state index is 13.5. The van der Waals surface area contributed by atoms with Gasteiger partial charge in [0.25, 0.3) is 11.8 Å². The number of benzene rings is 1. The van der Waals surface area contributed by atoms with Crippen molar-refractivity contribution in [2.45, 2.75) is 32.2 Å². The molecule has 0 fully saturated rings. The van der Waals surface area contributed by atoms with E-state index in [2.05, 4.69) is 5.32 Å². The molecule has 1 amide bonds. The molecule has 0 saturated carbocycles. The summed E-state index contributed by atoms with van der Waals surface area (Å²) < 4.78 is 26.9. The molecule has 3 rings (SSSR count). The van der Waals surface area contributed by atoms with E-state index in [4.69, 9.17) is 17.3 Å². The van der Waals surface area contributed by atoms with Crippen LogP contribution in [0.15, 0.2) is 59.6 Å². The van der Waals surface area contributed by atoms with E-state index in [1.807, 2.05) is 29.0 Å². The molecule has 7 nitrogen and oxygen atoms in total.